The SMILES string of the molecule is Br.Br.CC(N)=Nc1ccc(CNc2ccccn2)cc1. The molecule has 20 heavy (non-hydrogen) atoms. The van der Waals surface area contributed by atoms with Gasteiger partial charge >= 0.3 is 0 Å². The van der Waals surface area contributed by atoms with Crippen molar-refractivity contribution in [2.24, 2.45) is 10.7 Å². The molecule has 0 atom stereocenters. The number of aromatic nitrogens is 1. The van der Waals surface area contributed by atoms with Gasteiger partial charge in [0.2, 0.25) is 0 Å². The minimum Gasteiger partial charge on any atom is -0.387 e. The molecule has 0 unspecified atom stereocenters. The van der Waals surface area contributed by atoms with Gasteiger partial charge in [0.15, 0.2) is 0 Å². The molecule has 2 aromatic rings. The number of anilines is 1. The van der Waals surface area contributed by atoms with Gasteiger partial charge in [0.1, 0.15) is 5.82 Å². The Bertz CT molecular complexity index is 523. The number of amidine groups is 1. The summed E-state index contributed by atoms with van der Waals surface area (Å²) in [5, 5.41) is 3.25. The second-order valence-corrected chi connectivity index (χ2v) is 3.99. The van der Waals surface area contributed by atoms with Gasteiger partial charge in [0.25, 0.3) is 0 Å². The molecule has 0 bridgehead atoms. The van der Waals surface area contributed by atoms with E-state index in [-0.39, 0.29) is 34.0 Å². The van der Waals surface area contributed by atoms with Crippen molar-refractivity contribution in [3.05, 3.63) is 54.2 Å². The second-order valence-electron chi connectivity index (χ2n) is 3.99. The molecule has 0 amide bonds. The standard InChI is InChI=1S/C14H16N4.2BrH/c1-11(15)18-13-7-5-12(6-8-13)10-17-14-4-2-3-9-16-14;;/h2-9H,10H2,1H3,(H2,15,18)(H,16,17);2*1H. The molecule has 0 aliphatic rings. The molecule has 0 saturated carbocycles. The number of aliphatic imine (C=N–C) groups is 1. The van der Waals surface area contributed by atoms with E-state index in [1.807, 2.05) is 42.5 Å². The van der Waals surface area contributed by atoms with E-state index >= 15 is 0 Å². The zero-order valence-electron chi connectivity index (χ0n) is 11.1. The average molecular weight is 402 g/mol. The van der Waals surface area contributed by atoms with E-state index in [4.69, 9.17) is 5.73 Å². The smallest absolute Gasteiger partial charge is 0.126 e. The number of hydrogen-bond acceptors (Lipinski definition) is 3. The third kappa shape index (κ3) is 6.16. The van der Waals surface area contributed by atoms with Crippen LogP contribution in [0.5, 0.6) is 0 Å². The Labute approximate surface area is 140 Å². The number of hydrogen-bond donors (Lipinski definition) is 2. The second kappa shape index (κ2) is 9.50. The van der Waals surface area contributed by atoms with Crippen molar-refractivity contribution in [3.8, 4) is 0 Å². The average Bonchev–Trinajstić information content (AvgIpc) is 2.38. The zero-order valence-corrected chi connectivity index (χ0v) is 14.5. The number of halogens is 2. The van der Waals surface area contributed by atoms with Crippen molar-refractivity contribution >= 4 is 51.3 Å². The van der Waals surface area contributed by atoms with Crippen LogP contribution in [-0.2, 0) is 6.54 Å². The first-order chi connectivity index (χ1) is 8.74. The number of nitrogens with zero attached hydrogens (tertiary/aromatic N) is 2. The summed E-state index contributed by atoms with van der Waals surface area (Å²) in [4.78, 5) is 8.38. The Morgan fingerprint density at radius 1 is 1.15 bits per heavy atom. The molecule has 108 valence electrons. The molecule has 2 rings (SSSR count). The van der Waals surface area contributed by atoms with E-state index in [0.717, 1.165) is 18.1 Å². The van der Waals surface area contributed by atoms with Gasteiger partial charge in [-0.2, -0.15) is 0 Å². The van der Waals surface area contributed by atoms with Crippen LogP contribution in [0.3, 0.4) is 0 Å². The Morgan fingerprint density at radius 2 is 1.85 bits per heavy atom. The zero-order chi connectivity index (χ0) is 12.8. The van der Waals surface area contributed by atoms with Crippen LogP contribution < -0.4 is 11.1 Å². The molecule has 4 nitrogen and oxygen atoms in total. The molecule has 1 aromatic heterocycles. The van der Waals surface area contributed by atoms with Crippen molar-refractivity contribution in [1.29, 1.82) is 0 Å². The first-order valence-electron chi connectivity index (χ1n) is 5.78. The van der Waals surface area contributed by atoms with Crippen molar-refractivity contribution in [1.82, 2.24) is 4.98 Å². The topological polar surface area (TPSA) is 63.3 Å². The summed E-state index contributed by atoms with van der Waals surface area (Å²) in [5.74, 6) is 1.44. The molecular weight excluding hydrogens is 384 g/mol. The van der Waals surface area contributed by atoms with E-state index in [2.05, 4.69) is 15.3 Å². The fourth-order valence-corrected chi connectivity index (χ4v) is 1.55. The highest BCUT2D eigenvalue weighted by molar-refractivity contribution is 8.93. The number of nitrogens with one attached hydrogen (secondary N) is 1. The van der Waals surface area contributed by atoms with Crippen molar-refractivity contribution in [2.75, 3.05) is 5.32 Å². The lowest BCUT2D eigenvalue weighted by atomic mass is 10.2. The van der Waals surface area contributed by atoms with Gasteiger partial charge < -0.3 is 11.1 Å². The van der Waals surface area contributed by atoms with Crippen LogP contribution in [0.1, 0.15) is 12.5 Å². The van der Waals surface area contributed by atoms with Crippen LogP contribution in [0.2, 0.25) is 0 Å². The third-order valence-electron chi connectivity index (χ3n) is 2.38. The number of pyridine rings is 1. The molecule has 0 radical (unpaired) electrons. The summed E-state index contributed by atoms with van der Waals surface area (Å²) in [5.41, 5.74) is 7.57. The minimum absolute atomic E-state index is 0. The lowest BCUT2D eigenvalue weighted by molar-refractivity contribution is 1.11. The lowest BCUT2D eigenvalue weighted by Gasteiger charge is -2.05. The van der Waals surface area contributed by atoms with Crippen molar-refractivity contribution < 1.29 is 0 Å². The Morgan fingerprint density at radius 3 is 2.40 bits per heavy atom. The van der Waals surface area contributed by atoms with Gasteiger partial charge in [-0.15, -0.1) is 34.0 Å². The summed E-state index contributed by atoms with van der Waals surface area (Å²) in [7, 11) is 0. The van der Waals surface area contributed by atoms with E-state index in [1.165, 1.54) is 5.56 Å². The highest BCUT2D eigenvalue weighted by Crippen LogP contribution is 2.13. The van der Waals surface area contributed by atoms with Crippen molar-refractivity contribution in [2.45, 2.75) is 13.5 Å². The number of benzene rings is 1. The van der Waals surface area contributed by atoms with Crippen LogP contribution in [0.15, 0.2) is 53.7 Å². The summed E-state index contributed by atoms with van der Waals surface area (Å²) in [6, 6.07) is 13.7. The number of nitrogens with two attached hydrogens (primary N) is 1. The fourth-order valence-electron chi connectivity index (χ4n) is 1.55. The Balaban J connectivity index is 0.00000180. The molecule has 0 saturated heterocycles. The molecule has 1 aromatic carbocycles. The maximum absolute atomic E-state index is 5.53. The molecule has 0 aliphatic carbocycles. The highest BCUT2D eigenvalue weighted by atomic mass is 79.9. The van der Waals surface area contributed by atoms with E-state index in [9.17, 15) is 0 Å². The highest BCUT2D eigenvalue weighted by Gasteiger charge is 1.95. The Kier molecular flexibility index (Phi) is 8.83. The van der Waals surface area contributed by atoms with Crippen molar-refractivity contribution in [3.63, 3.8) is 0 Å². The molecule has 0 aliphatic heterocycles. The monoisotopic (exact) mass is 400 g/mol. The molecule has 0 spiro atoms. The van der Waals surface area contributed by atoms with E-state index in [1.54, 1.807) is 13.1 Å². The molecule has 6 heteroatoms. The van der Waals surface area contributed by atoms with Gasteiger partial charge in [-0.05, 0) is 36.8 Å². The van der Waals surface area contributed by atoms with E-state index in [0.29, 0.717) is 5.84 Å². The maximum atomic E-state index is 5.53. The maximum Gasteiger partial charge on any atom is 0.126 e. The van der Waals surface area contributed by atoms with Gasteiger partial charge in [-0.25, -0.2) is 9.98 Å². The summed E-state index contributed by atoms with van der Waals surface area (Å²) in [6.07, 6.45) is 1.77. The lowest BCUT2D eigenvalue weighted by Crippen LogP contribution is -2.03. The van der Waals surface area contributed by atoms with Gasteiger partial charge in [0.05, 0.1) is 11.5 Å². The van der Waals surface area contributed by atoms with Crippen LogP contribution >= 0.6 is 34.0 Å². The fraction of sp³-hybridized carbons (Fsp3) is 0.143. The Hall–Kier alpha value is -1.40. The predicted octanol–water partition coefficient (Wildman–Crippen LogP) is 3.86. The van der Waals surface area contributed by atoms with Gasteiger partial charge in [0, 0.05) is 12.7 Å². The molecule has 3 N–H and O–H groups in total. The summed E-state index contributed by atoms with van der Waals surface area (Å²) >= 11 is 0. The third-order valence-corrected chi connectivity index (χ3v) is 2.38. The molecule has 0 fully saturated rings. The summed E-state index contributed by atoms with van der Waals surface area (Å²) in [6.45, 7) is 2.51. The van der Waals surface area contributed by atoms with Crippen LogP contribution in [0.25, 0.3) is 0 Å². The van der Waals surface area contributed by atoms with Gasteiger partial charge in [-0.3, -0.25) is 0 Å². The first-order valence-corrected chi connectivity index (χ1v) is 5.78. The first kappa shape index (κ1) is 18.6. The van der Waals surface area contributed by atoms with E-state index < -0.39 is 0 Å². The van der Waals surface area contributed by atoms with Crippen LogP contribution in [0.4, 0.5) is 11.5 Å². The number of rotatable bonds is 4. The largest absolute Gasteiger partial charge is 0.387 e. The molecule has 1 heterocycles. The van der Waals surface area contributed by atoms with Crippen LogP contribution in [0, 0.1) is 0 Å². The molecular formula is C14H18Br2N4. The predicted molar refractivity (Wildman–Crippen MR) is 95.6 cm³/mol. The normalized spacial score (nSPS) is 10.2. The minimum atomic E-state index is 0. The van der Waals surface area contributed by atoms with Gasteiger partial charge in [-0.1, -0.05) is 18.2 Å². The summed E-state index contributed by atoms with van der Waals surface area (Å²) < 4.78 is 0. The quantitative estimate of drug-likeness (QED) is 0.603. The van der Waals surface area contributed by atoms with Crippen LogP contribution in [-0.4, -0.2) is 10.8 Å².